The summed E-state index contributed by atoms with van der Waals surface area (Å²) in [6.45, 7) is 3.51. The van der Waals surface area contributed by atoms with E-state index in [-0.39, 0.29) is 5.82 Å². The summed E-state index contributed by atoms with van der Waals surface area (Å²) in [5, 5.41) is 3.84. The minimum Gasteiger partial charge on any atom is -0.312 e. The lowest BCUT2D eigenvalue weighted by molar-refractivity contribution is 0.163. The molecule has 0 aromatic heterocycles. The summed E-state index contributed by atoms with van der Waals surface area (Å²) in [4.78, 5) is 2.45. The molecule has 1 aliphatic carbocycles. The maximum atomic E-state index is 13.0. The van der Waals surface area contributed by atoms with Crippen molar-refractivity contribution in [3.05, 3.63) is 35.6 Å². The van der Waals surface area contributed by atoms with E-state index in [0.717, 1.165) is 25.4 Å². The fraction of sp³-hybridized carbons (Fsp3) is 0.700. The van der Waals surface area contributed by atoms with Gasteiger partial charge in [0.25, 0.3) is 0 Å². The summed E-state index contributed by atoms with van der Waals surface area (Å²) in [7, 11) is 2.23. The lowest BCUT2D eigenvalue weighted by atomic mass is 9.87. The van der Waals surface area contributed by atoms with Crippen LogP contribution in [0.5, 0.6) is 0 Å². The summed E-state index contributed by atoms with van der Waals surface area (Å²) in [5.41, 5.74) is 1.26. The number of hydrogen-bond acceptors (Lipinski definition) is 2. The molecule has 0 amide bonds. The van der Waals surface area contributed by atoms with Crippen molar-refractivity contribution in [2.75, 3.05) is 26.7 Å². The van der Waals surface area contributed by atoms with E-state index in [1.807, 2.05) is 12.1 Å². The molecule has 23 heavy (non-hydrogen) atoms. The Kier molecular flexibility index (Phi) is 6.07. The van der Waals surface area contributed by atoms with Crippen LogP contribution in [0.3, 0.4) is 0 Å². The van der Waals surface area contributed by atoms with Crippen molar-refractivity contribution < 1.29 is 4.39 Å². The van der Waals surface area contributed by atoms with Crippen LogP contribution < -0.4 is 5.32 Å². The molecule has 3 rings (SSSR count). The molecule has 0 radical (unpaired) electrons. The van der Waals surface area contributed by atoms with Crippen molar-refractivity contribution >= 4 is 0 Å². The first kappa shape index (κ1) is 16.9. The normalized spacial score (nSPS) is 27.2. The van der Waals surface area contributed by atoms with E-state index in [1.165, 1.54) is 50.6 Å². The molecule has 1 aromatic carbocycles. The second-order valence-electron chi connectivity index (χ2n) is 7.76. The van der Waals surface area contributed by atoms with Gasteiger partial charge in [0.05, 0.1) is 0 Å². The van der Waals surface area contributed by atoms with Gasteiger partial charge < -0.3 is 10.2 Å². The van der Waals surface area contributed by atoms with Crippen molar-refractivity contribution in [3.63, 3.8) is 0 Å². The predicted molar refractivity (Wildman–Crippen MR) is 94.1 cm³/mol. The van der Waals surface area contributed by atoms with E-state index in [9.17, 15) is 4.39 Å². The number of rotatable bonds is 5. The largest absolute Gasteiger partial charge is 0.312 e. The minimum atomic E-state index is -0.137. The van der Waals surface area contributed by atoms with Crippen LogP contribution in [0.15, 0.2) is 24.3 Å². The maximum absolute atomic E-state index is 13.0. The van der Waals surface area contributed by atoms with E-state index in [2.05, 4.69) is 17.3 Å². The number of hydrogen-bond donors (Lipinski definition) is 1. The Morgan fingerprint density at radius 1 is 1.04 bits per heavy atom. The Labute approximate surface area is 140 Å². The molecule has 1 saturated heterocycles. The van der Waals surface area contributed by atoms with Crippen LogP contribution in [0.25, 0.3) is 0 Å². The summed E-state index contributed by atoms with van der Waals surface area (Å²) >= 11 is 0. The van der Waals surface area contributed by atoms with Crippen LogP contribution in [0.1, 0.15) is 44.1 Å². The highest BCUT2D eigenvalue weighted by atomic mass is 19.1. The Hall–Kier alpha value is -0.930. The third-order valence-electron chi connectivity index (χ3n) is 5.58. The van der Waals surface area contributed by atoms with Crippen molar-refractivity contribution in [1.82, 2.24) is 10.2 Å². The van der Waals surface area contributed by atoms with Gasteiger partial charge >= 0.3 is 0 Å². The van der Waals surface area contributed by atoms with E-state index in [1.54, 1.807) is 12.1 Å². The van der Waals surface area contributed by atoms with Crippen LogP contribution in [0.4, 0.5) is 4.39 Å². The molecule has 128 valence electrons. The van der Waals surface area contributed by atoms with Crippen molar-refractivity contribution in [1.29, 1.82) is 0 Å². The predicted octanol–water partition coefficient (Wildman–Crippen LogP) is 3.86. The fourth-order valence-corrected chi connectivity index (χ4v) is 4.42. The van der Waals surface area contributed by atoms with Crippen molar-refractivity contribution in [2.24, 2.45) is 11.8 Å². The van der Waals surface area contributed by atoms with E-state index in [0.29, 0.717) is 12.0 Å². The van der Waals surface area contributed by atoms with Crippen molar-refractivity contribution in [3.8, 4) is 0 Å². The number of piperidine rings is 1. The van der Waals surface area contributed by atoms with Crippen LogP contribution in [0.2, 0.25) is 0 Å². The highest BCUT2D eigenvalue weighted by molar-refractivity contribution is 5.17. The highest BCUT2D eigenvalue weighted by Gasteiger charge is 2.26. The Bertz CT molecular complexity index is 467. The molecule has 2 unspecified atom stereocenters. The molecule has 3 heteroatoms. The molecule has 2 atom stereocenters. The second-order valence-corrected chi connectivity index (χ2v) is 7.76. The Morgan fingerprint density at radius 3 is 2.52 bits per heavy atom. The zero-order valence-corrected chi connectivity index (χ0v) is 14.4. The monoisotopic (exact) mass is 318 g/mol. The van der Waals surface area contributed by atoms with Gasteiger partial charge in [-0.25, -0.2) is 4.39 Å². The van der Waals surface area contributed by atoms with Crippen LogP contribution in [0, 0.1) is 17.7 Å². The van der Waals surface area contributed by atoms with Gasteiger partial charge in [0.15, 0.2) is 0 Å². The zero-order chi connectivity index (χ0) is 16.1. The number of likely N-dealkylation sites (tertiary alicyclic amines) is 1. The van der Waals surface area contributed by atoms with Gasteiger partial charge in [-0.3, -0.25) is 0 Å². The third kappa shape index (κ3) is 5.29. The first-order valence-corrected chi connectivity index (χ1v) is 9.35. The molecular formula is C20H31FN2. The van der Waals surface area contributed by atoms with Crippen LogP contribution in [-0.2, 0) is 6.42 Å². The second kappa shape index (κ2) is 8.25. The summed E-state index contributed by atoms with van der Waals surface area (Å²) in [5.74, 6) is 1.43. The highest BCUT2D eigenvalue weighted by Crippen LogP contribution is 2.24. The van der Waals surface area contributed by atoms with Crippen LogP contribution in [-0.4, -0.2) is 37.6 Å². The molecule has 1 aromatic rings. The molecule has 2 fully saturated rings. The minimum absolute atomic E-state index is 0.137. The Morgan fingerprint density at radius 2 is 1.78 bits per heavy atom. The van der Waals surface area contributed by atoms with Crippen LogP contribution >= 0.6 is 0 Å². The zero-order valence-electron chi connectivity index (χ0n) is 14.4. The molecule has 1 aliphatic heterocycles. The smallest absolute Gasteiger partial charge is 0.123 e. The molecule has 0 spiro atoms. The van der Waals surface area contributed by atoms with E-state index in [4.69, 9.17) is 0 Å². The van der Waals surface area contributed by atoms with E-state index >= 15 is 0 Å². The van der Waals surface area contributed by atoms with Gasteiger partial charge in [-0.1, -0.05) is 31.4 Å². The SMILES string of the molecule is CN1CC(Cc2ccc(F)cc2)CC(NCC2CCCCC2)C1. The average Bonchev–Trinajstić information content (AvgIpc) is 2.56. The summed E-state index contributed by atoms with van der Waals surface area (Å²) in [6, 6.07) is 7.66. The number of likely N-dealkylation sites (N-methyl/N-ethyl adjacent to an activating group) is 1. The standard InChI is InChI=1S/C20H31FN2/c1-23-14-18(11-16-7-9-19(21)10-8-16)12-20(15-23)22-13-17-5-3-2-4-6-17/h7-10,17-18,20,22H,2-6,11-15H2,1H3. The molecular weight excluding hydrogens is 287 g/mol. The van der Waals surface area contributed by atoms with E-state index < -0.39 is 0 Å². The molecule has 1 saturated carbocycles. The van der Waals surface area contributed by atoms with Gasteiger partial charge in [-0.15, -0.1) is 0 Å². The van der Waals surface area contributed by atoms with Gasteiger partial charge in [-0.2, -0.15) is 0 Å². The van der Waals surface area contributed by atoms with Gasteiger partial charge in [0, 0.05) is 19.1 Å². The Balaban J connectivity index is 1.48. The summed E-state index contributed by atoms with van der Waals surface area (Å²) in [6.07, 6.45) is 9.40. The maximum Gasteiger partial charge on any atom is 0.123 e. The lowest BCUT2D eigenvalue weighted by Gasteiger charge is -2.37. The van der Waals surface area contributed by atoms with Crippen molar-refractivity contribution in [2.45, 2.75) is 51.0 Å². The molecule has 2 nitrogen and oxygen atoms in total. The summed E-state index contributed by atoms with van der Waals surface area (Å²) < 4.78 is 13.0. The average molecular weight is 318 g/mol. The quantitative estimate of drug-likeness (QED) is 0.887. The molecule has 0 bridgehead atoms. The van der Waals surface area contributed by atoms with Gasteiger partial charge in [-0.05, 0) is 68.8 Å². The lowest BCUT2D eigenvalue weighted by Crippen LogP contribution is -2.49. The van der Waals surface area contributed by atoms with Gasteiger partial charge in [0.1, 0.15) is 5.82 Å². The third-order valence-corrected chi connectivity index (χ3v) is 5.58. The fourth-order valence-electron chi connectivity index (χ4n) is 4.42. The number of benzene rings is 1. The number of nitrogens with one attached hydrogen (secondary N) is 1. The number of halogens is 1. The van der Waals surface area contributed by atoms with Gasteiger partial charge in [0.2, 0.25) is 0 Å². The first-order chi connectivity index (χ1) is 11.2. The molecule has 1 N–H and O–H groups in total. The first-order valence-electron chi connectivity index (χ1n) is 9.35. The topological polar surface area (TPSA) is 15.3 Å². The number of nitrogens with zero attached hydrogens (tertiary/aromatic N) is 1. The molecule has 1 heterocycles. The molecule has 2 aliphatic rings.